The monoisotopic (exact) mass is 181 g/mol. The van der Waals surface area contributed by atoms with Gasteiger partial charge in [-0.3, -0.25) is 4.79 Å². The van der Waals surface area contributed by atoms with E-state index in [9.17, 15) is 4.79 Å². The van der Waals surface area contributed by atoms with E-state index in [1.54, 1.807) is 14.1 Å². The first-order chi connectivity index (χ1) is 6.15. The Balaban J connectivity index is 2.86. The molecule has 0 atom stereocenters. The van der Waals surface area contributed by atoms with Gasteiger partial charge in [-0.25, -0.2) is 9.97 Å². The highest BCUT2D eigenvalue weighted by atomic mass is 16.3. The number of rotatable bonds is 2. The molecule has 5 nitrogen and oxygen atoms in total. The van der Waals surface area contributed by atoms with Crippen molar-refractivity contribution in [3.8, 4) is 0 Å². The van der Waals surface area contributed by atoms with Crippen LogP contribution in [0.2, 0.25) is 0 Å². The molecule has 0 saturated heterocycles. The van der Waals surface area contributed by atoms with Crippen molar-refractivity contribution in [3.63, 3.8) is 0 Å². The number of carbonyl (C=O) groups is 1. The summed E-state index contributed by atoms with van der Waals surface area (Å²) in [5.74, 6) is -0.105. The van der Waals surface area contributed by atoms with Crippen LogP contribution in [0, 0.1) is 0 Å². The number of aromatic nitrogens is 2. The van der Waals surface area contributed by atoms with E-state index in [1.807, 2.05) is 0 Å². The zero-order valence-electron chi connectivity index (χ0n) is 7.56. The minimum absolute atomic E-state index is 0.115. The maximum absolute atomic E-state index is 11.3. The molecule has 0 bridgehead atoms. The molecule has 0 spiro atoms. The minimum atomic E-state index is -0.246. The Kier molecular flexibility index (Phi) is 2.92. The van der Waals surface area contributed by atoms with Gasteiger partial charge in [0.2, 0.25) is 5.82 Å². The lowest BCUT2D eigenvalue weighted by atomic mass is 10.3. The van der Waals surface area contributed by atoms with Gasteiger partial charge in [0, 0.05) is 32.1 Å². The highest BCUT2D eigenvalue weighted by Gasteiger charge is 2.10. The molecule has 0 radical (unpaired) electrons. The SMILES string of the molecule is CN(C)C(=O)c1ncc(CO)cn1. The van der Waals surface area contributed by atoms with Crippen molar-refractivity contribution in [2.24, 2.45) is 0 Å². The third-order valence-corrected chi connectivity index (χ3v) is 1.49. The molecule has 1 heterocycles. The van der Waals surface area contributed by atoms with E-state index in [0.717, 1.165) is 0 Å². The van der Waals surface area contributed by atoms with E-state index in [-0.39, 0.29) is 18.3 Å². The molecule has 70 valence electrons. The van der Waals surface area contributed by atoms with Crippen LogP contribution in [0.1, 0.15) is 16.2 Å². The van der Waals surface area contributed by atoms with E-state index >= 15 is 0 Å². The average molecular weight is 181 g/mol. The second-order valence-corrected chi connectivity index (χ2v) is 2.77. The van der Waals surface area contributed by atoms with Gasteiger partial charge in [-0.15, -0.1) is 0 Å². The summed E-state index contributed by atoms with van der Waals surface area (Å²) < 4.78 is 0. The lowest BCUT2D eigenvalue weighted by Gasteiger charge is -2.07. The first-order valence-electron chi connectivity index (χ1n) is 3.78. The molecule has 1 amide bonds. The molecule has 0 unspecified atom stereocenters. The summed E-state index contributed by atoms with van der Waals surface area (Å²) in [5, 5.41) is 8.70. The fraction of sp³-hybridized carbons (Fsp3) is 0.375. The first-order valence-corrected chi connectivity index (χ1v) is 3.78. The molecule has 13 heavy (non-hydrogen) atoms. The summed E-state index contributed by atoms with van der Waals surface area (Å²) in [6.07, 6.45) is 2.87. The predicted octanol–water partition coefficient (Wildman–Crippen LogP) is -0.329. The van der Waals surface area contributed by atoms with Crippen LogP contribution in [0.15, 0.2) is 12.4 Å². The van der Waals surface area contributed by atoms with E-state index in [2.05, 4.69) is 9.97 Å². The van der Waals surface area contributed by atoms with Crippen molar-refractivity contribution in [2.45, 2.75) is 6.61 Å². The average Bonchev–Trinajstić information content (AvgIpc) is 2.17. The number of hydrogen-bond acceptors (Lipinski definition) is 4. The van der Waals surface area contributed by atoms with Gasteiger partial charge in [0.15, 0.2) is 0 Å². The number of amides is 1. The minimum Gasteiger partial charge on any atom is -0.392 e. The van der Waals surface area contributed by atoms with Crippen LogP contribution in [0.5, 0.6) is 0 Å². The van der Waals surface area contributed by atoms with E-state index in [0.29, 0.717) is 5.56 Å². The number of nitrogens with zero attached hydrogens (tertiary/aromatic N) is 3. The molecule has 0 saturated carbocycles. The standard InChI is InChI=1S/C8H11N3O2/c1-11(2)8(13)7-9-3-6(5-12)4-10-7/h3-4,12H,5H2,1-2H3. The topological polar surface area (TPSA) is 66.3 Å². The summed E-state index contributed by atoms with van der Waals surface area (Å²) in [7, 11) is 3.26. The number of aliphatic hydroxyl groups is 1. The molecule has 0 aromatic carbocycles. The molecule has 5 heteroatoms. The largest absolute Gasteiger partial charge is 0.392 e. The van der Waals surface area contributed by atoms with Crippen LogP contribution in [0.25, 0.3) is 0 Å². The predicted molar refractivity (Wildman–Crippen MR) is 46.0 cm³/mol. The maximum Gasteiger partial charge on any atom is 0.291 e. The van der Waals surface area contributed by atoms with Gasteiger partial charge < -0.3 is 10.0 Å². The van der Waals surface area contributed by atoms with Gasteiger partial charge in [-0.1, -0.05) is 0 Å². The highest BCUT2D eigenvalue weighted by Crippen LogP contribution is 1.97. The quantitative estimate of drug-likeness (QED) is 0.678. The van der Waals surface area contributed by atoms with Gasteiger partial charge in [0.25, 0.3) is 5.91 Å². The van der Waals surface area contributed by atoms with Crippen molar-refractivity contribution in [2.75, 3.05) is 14.1 Å². The Bertz CT molecular complexity index is 295. The molecule has 1 rings (SSSR count). The van der Waals surface area contributed by atoms with Gasteiger partial charge in [-0.05, 0) is 0 Å². The molecular formula is C8H11N3O2. The Morgan fingerprint density at radius 1 is 1.46 bits per heavy atom. The van der Waals surface area contributed by atoms with Gasteiger partial charge >= 0.3 is 0 Å². The number of aliphatic hydroxyl groups excluding tert-OH is 1. The summed E-state index contributed by atoms with van der Waals surface area (Å²) >= 11 is 0. The van der Waals surface area contributed by atoms with Crippen molar-refractivity contribution < 1.29 is 9.90 Å². The second-order valence-electron chi connectivity index (χ2n) is 2.77. The lowest BCUT2D eigenvalue weighted by Crippen LogP contribution is -2.23. The number of hydrogen-bond donors (Lipinski definition) is 1. The lowest BCUT2D eigenvalue weighted by molar-refractivity contribution is 0.0815. The molecule has 0 fully saturated rings. The van der Waals surface area contributed by atoms with Crippen molar-refractivity contribution in [3.05, 3.63) is 23.8 Å². The van der Waals surface area contributed by atoms with Crippen molar-refractivity contribution in [1.82, 2.24) is 14.9 Å². The Morgan fingerprint density at radius 3 is 2.38 bits per heavy atom. The third kappa shape index (κ3) is 2.22. The molecule has 0 aliphatic rings. The third-order valence-electron chi connectivity index (χ3n) is 1.49. The van der Waals surface area contributed by atoms with Gasteiger partial charge in [0.1, 0.15) is 0 Å². The van der Waals surface area contributed by atoms with Crippen LogP contribution in [0.3, 0.4) is 0 Å². The van der Waals surface area contributed by atoms with Gasteiger partial charge in [0.05, 0.1) is 6.61 Å². The second kappa shape index (κ2) is 3.95. The zero-order valence-corrected chi connectivity index (χ0v) is 7.56. The Morgan fingerprint density at radius 2 is 2.00 bits per heavy atom. The summed E-state index contributed by atoms with van der Waals surface area (Å²) in [4.78, 5) is 20.3. The zero-order chi connectivity index (χ0) is 9.84. The fourth-order valence-electron chi connectivity index (χ4n) is 0.747. The molecule has 1 N–H and O–H groups in total. The van der Waals surface area contributed by atoms with Crippen LogP contribution in [-0.2, 0) is 6.61 Å². The molecule has 1 aromatic rings. The number of carbonyl (C=O) groups excluding carboxylic acids is 1. The Hall–Kier alpha value is -1.49. The molecule has 1 aromatic heterocycles. The summed E-state index contributed by atoms with van der Waals surface area (Å²) in [5.41, 5.74) is 0.593. The van der Waals surface area contributed by atoms with Crippen LogP contribution in [-0.4, -0.2) is 40.0 Å². The summed E-state index contributed by atoms with van der Waals surface area (Å²) in [6, 6.07) is 0. The van der Waals surface area contributed by atoms with E-state index in [4.69, 9.17) is 5.11 Å². The fourth-order valence-corrected chi connectivity index (χ4v) is 0.747. The molecular weight excluding hydrogens is 170 g/mol. The van der Waals surface area contributed by atoms with E-state index < -0.39 is 0 Å². The normalized spacial score (nSPS) is 9.77. The highest BCUT2D eigenvalue weighted by molar-refractivity contribution is 5.89. The Labute approximate surface area is 76.0 Å². The summed E-state index contributed by atoms with van der Waals surface area (Å²) in [6.45, 7) is -0.115. The molecule has 0 aliphatic carbocycles. The maximum atomic E-state index is 11.3. The smallest absolute Gasteiger partial charge is 0.291 e. The van der Waals surface area contributed by atoms with Crippen LogP contribution >= 0.6 is 0 Å². The van der Waals surface area contributed by atoms with Crippen LogP contribution < -0.4 is 0 Å². The molecule has 0 aliphatic heterocycles. The van der Waals surface area contributed by atoms with E-state index in [1.165, 1.54) is 17.3 Å². The van der Waals surface area contributed by atoms with Crippen LogP contribution in [0.4, 0.5) is 0 Å². The van der Waals surface area contributed by atoms with Gasteiger partial charge in [-0.2, -0.15) is 0 Å². The first kappa shape index (κ1) is 9.60. The van der Waals surface area contributed by atoms with Crippen molar-refractivity contribution in [1.29, 1.82) is 0 Å². The van der Waals surface area contributed by atoms with Crippen molar-refractivity contribution >= 4 is 5.91 Å².